The lowest BCUT2D eigenvalue weighted by atomic mass is 10.2. The molecule has 0 fully saturated rings. The van der Waals surface area contributed by atoms with Crippen LogP contribution in [-0.2, 0) is 6.54 Å². The Morgan fingerprint density at radius 3 is 2.62 bits per heavy atom. The Bertz CT molecular complexity index is 462. The molecule has 2 rings (SSSR count). The molecule has 3 nitrogen and oxygen atoms in total. The number of pyridine rings is 1. The van der Waals surface area contributed by atoms with Crippen molar-refractivity contribution < 1.29 is 21.5 Å². The van der Waals surface area contributed by atoms with E-state index in [0.29, 0.717) is 0 Å². The highest BCUT2D eigenvalue weighted by atomic mass is 35.5. The van der Waals surface area contributed by atoms with Gasteiger partial charge >= 0.3 is 0 Å². The average molecular weight is 237 g/mol. The van der Waals surface area contributed by atoms with Gasteiger partial charge in [-0.1, -0.05) is 11.7 Å². The fourth-order valence-corrected chi connectivity index (χ4v) is 1.39. The second-order valence-corrected chi connectivity index (χ2v) is 3.40. The highest BCUT2D eigenvalue weighted by Gasteiger charge is 2.05. The van der Waals surface area contributed by atoms with Gasteiger partial charge < -0.3 is 16.9 Å². The van der Waals surface area contributed by atoms with Crippen LogP contribution in [0.4, 0.5) is 0 Å². The van der Waals surface area contributed by atoms with Crippen LogP contribution in [0.1, 0.15) is 5.69 Å². The van der Waals surface area contributed by atoms with Crippen LogP contribution in [0.15, 0.2) is 47.8 Å². The zero-order valence-electron chi connectivity index (χ0n) is 9.06. The lowest BCUT2D eigenvalue weighted by Crippen LogP contribution is -3.00. The van der Waals surface area contributed by atoms with Crippen LogP contribution in [0.2, 0.25) is 0 Å². The predicted molar refractivity (Wildman–Crippen MR) is 57.1 cm³/mol. The van der Waals surface area contributed by atoms with Gasteiger partial charge in [0.25, 0.3) is 0 Å². The van der Waals surface area contributed by atoms with Crippen LogP contribution in [0.5, 0.6) is 0 Å². The summed E-state index contributed by atoms with van der Waals surface area (Å²) in [5, 5.41) is 3.85. The van der Waals surface area contributed by atoms with E-state index in [0.717, 1.165) is 23.6 Å². The van der Waals surface area contributed by atoms with Crippen LogP contribution in [-0.4, -0.2) is 5.16 Å². The molecule has 0 unspecified atom stereocenters. The molecular formula is C12H13ClN2O. The van der Waals surface area contributed by atoms with Crippen molar-refractivity contribution in [3.8, 4) is 11.3 Å². The van der Waals surface area contributed by atoms with Gasteiger partial charge in [0, 0.05) is 23.8 Å². The molecule has 0 spiro atoms. The molecule has 0 aliphatic heterocycles. The van der Waals surface area contributed by atoms with E-state index in [4.69, 9.17) is 4.52 Å². The maximum Gasteiger partial charge on any atom is 0.169 e. The van der Waals surface area contributed by atoms with Crippen molar-refractivity contribution in [3.63, 3.8) is 0 Å². The molecule has 16 heavy (non-hydrogen) atoms. The zero-order valence-corrected chi connectivity index (χ0v) is 9.81. The van der Waals surface area contributed by atoms with Gasteiger partial charge in [-0.15, -0.1) is 0 Å². The minimum Gasteiger partial charge on any atom is -1.00 e. The van der Waals surface area contributed by atoms with Crippen LogP contribution in [0.25, 0.3) is 11.3 Å². The van der Waals surface area contributed by atoms with Gasteiger partial charge in [-0.2, -0.15) is 0 Å². The molecule has 0 aliphatic carbocycles. The van der Waals surface area contributed by atoms with E-state index in [9.17, 15) is 0 Å². The quantitative estimate of drug-likeness (QED) is 0.512. The summed E-state index contributed by atoms with van der Waals surface area (Å²) in [6.07, 6.45) is 5.85. The third-order valence-corrected chi connectivity index (χ3v) is 2.14. The largest absolute Gasteiger partial charge is 1.00 e. The molecular weight excluding hydrogens is 224 g/mol. The summed E-state index contributed by atoms with van der Waals surface area (Å²) in [4.78, 5) is 0. The lowest BCUT2D eigenvalue weighted by molar-refractivity contribution is -0.686. The molecule has 0 bridgehead atoms. The van der Waals surface area contributed by atoms with Gasteiger partial charge in [0.15, 0.2) is 24.7 Å². The fourth-order valence-electron chi connectivity index (χ4n) is 1.39. The average Bonchev–Trinajstić information content (AvgIpc) is 2.67. The Hall–Kier alpha value is -1.61. The van der Waals surface area contributed by atoms with Crippen molar-refractivity contribution in [2.75, 3.05) is 0 Å². The summed E-state index contributed by atoms with van der Waals surface area (Å²) in [5.41, 5.74) is 1.93. The third kappa shape index (κ3) is 2.70. The number of aromatic nitrogens is 2. The first-order valence-corrected chi connectivity index (χ1v) is 4.83. The highest BCUT2D eigenvalue weighted by molar-refractivity contribution is 5.55. The number of halogens is 1. The maximum atomic E-state index is 5.17. The first kappa shape index (κ1) is 12.5. The van der Waals surface area contributed by atoms with E-state index in [1.807, 2.05) is 48.2 Å². The fraction of sp³-hybridized carbons (Fsp3) is 0.167. The summed E-state index contributed by atoms with van der Waals surface area (Å²) in [5.74, 6) is 0.804. The van der Waals surface area contributed by atoms with Gasteiger partial charge in [-0.3, -0.25) is 0 Å². The van der Waals surface area contributed by atoms with E-state index >= 15 is 0 Å². The van der Waals surface area contributed by atoms with E-state index in [-0.39, 0.29) is 12.4 Å². The monoisotopic (exact) mass is 236 g/mol. The van der Waals surface area contributed by atoms with Crippen molar-refractivity contribution in [2.45, 2.75) is 13.5 Å². The Balaban J connectivity index is 0.00000128. The Morgan fingerprint density at radius 2 is 2.12 bits per heavy atom. The summed E-state index contributed by atoms with van der Waals surface area (Å²) in [6, 6.07) is 5.93. The Labute approximate surface area is 101 Å². The van der Waals surface area contributed by atoms with E-state index in [2.05, 4.69) is 11.7 Å². The normalized spacial score (nSPS) is 9.56. The summed E-state index contributed by atoms with van der Waals surface area (Å²) in [6.45, 7) is 6.42. The first-order valence-electron chi connectivity index (χ1n) is 4.83. The predicted octanol–water partition coefficient (Wildman–Crippen LogP) is -0.872. The molecule has 0 N–H and O–H groups in total. The van der Waals surface area contributed by atoms with Gasteiger partial charge in [0.05, 0.1) is 5.69 Å². The molecule has 0 amide bonds. The summed E-state index contributed by atoms with van der Waals surface area (Å²) >= 11 is 0. The maximum absolute atomic E-state index is 5.17. The molecule has 0 saturated heterocycles. The molecule has 0 atom stereocenters. The number of aryl methyl sites for hydroxylation is 1. The van der Waals surface area contributed by atoms with E-state index in [1.165, 1.54) is 0 Å². The first-order chi connectivity index (χ1) is 7.29. The van der Waals surface area contributed by atoms with Crippen molar-refractivity contribution in [1.82, 2.24) is 5.16 Å². The molecule has 0 saturated carbocycles. The summed E-state index contributed by atoms with van der Waals surface area (Å²) in [7, 11) is 0. The van der Waals surface area contributed by atoms with E-state index in [1.54, 1.807) is 0 Å². The van der Waals surface area contributed by atoms with Crippen LogP contribution >= 0.6 is 0 Å². The molecule has 4 heteroatoms. The van der Waals surface area contributed by atoms with Gasteiger partial charge in [0.2, 0.25) is 0 Å². The summed E-state index contributed by atoms with van der Waals surface area (Å²) < 4.78 is 7.21. The number of allylic oxidation sites excluding steroid dienone is 1. The lowest BCUT2D eigenvalue weighted by Gasteiger charge is -1.94. The second kappa shape index (κ2) is 5.47. The molecule has 2 aromatic rings. The van der Waals surface area contributed by atoms with Crippen molar-refractivity contribution in [2.24, 2.45) is 0 Å². The minimum absolute atomic E-state index is 0. The number of rotatable bonds is 3. The molecule has 2 heterocycles. The standard InChI is InChI=1S/C12H13N2O.ClH/c1-3-6-14-7-4-11(5-8-14)12-9-10(2)13-15-12;/h3-5,7-9H,1,6H2,2H3;1H/q+1;/p-1. The van der Waals surface area contributed by atoms with Gasteiger partial charge in [0.1, 0.15) is 0 Å². The van der Waals surface area contributed by atoms with Crippen LogP contribution in [0, 0.1) is 6.92 Å². The topological polar surface area (TPSA) is 29.9 Å². The van der Waals surface area contributed by atoms with Crippen molar-refractivity contribution >= 4 is 0 Å². The molecule has 0 radical (unpaired) electrons. The molecule has 2 aromatic heterocycles. The number of hydrogen-bond acceptors (Lipinski definition) is 2. The Morgan fingerprint density at radius 1 is 1.44 bits per heavy atom. The third-order valence-electron chi connectivity index (χ3n) is 2.14. The second-order valence-electron chi connectivity index (χ2n) is 3.40. The van der Waals surface area contributed by atoms with Gasteiger partial charge in [-0.05, 0) is 13.0 Å². The van der Waals surface area contributed by atoms with Gasteiger partial charge in [-0.25, -0.2) is 4.57 Å². The molecule has 0 aromatic carbocycles. The highest BCUT2D eigenvalue weighted by Crippen LogP contribution is 2.18. The Kier molecular flexibility index (Phi) is 4.26. The van der Waals surface area contributed by atoms with Crippen molar-refractivity contribution in [1.29, 1.82) is 0 Å². The van der Waals surface area contributed by atoms with E-state index < -0.39 is 0 Å². The smallest absolute Gasteiger partial charge is 0.169 e. The zero-order chi connectivity index (χ0) is 10.7. The van der Waals surface area contributed by atoms with Crippen LogP contribution in [0.3, 0.4) is 0 Å². The minimum atomic E-state index is 0. The van der Waals surface area contributed by atoms with Crippen molar-refractivity contribution in [3.05, 3.63) is 48.9 Å². The molecule has 0 aliphatic rings. The molecule has 84 valence electrons. The number of hydrogen-bond donors (Lipinski definition) is 0. The van der Waals surface area contributed by atoms with Crippen LogP contribution < -0.4 is 17.0 Å². The number of nitrogens with zero attached hydrogens (tertiary/aromatic N) is 2. The SMILES string of the molecule is C=CC[n+]1ccc(-c2cc(C)no2)cc1.[Cl-].